The van der Waals surface area contributed by atoms with E-state index in [1.807, 2.05) is 14.1 Å². The first-order valence-corrected chi connectivity index (χ1v) is 8.20. The zero-order chi connectivity index (χ0) is 16.8. The predicted molar refractivity (Wildman–Crippen MR) is 88.4 cm³/mol. The Bertz CT molecular complexity index is 629. The summed E-state index contributed by atoms with van der Waals surface area (Å²) in [5.74, 6) is 0.386. The fourth-order valence-corrected chi connectivity index (χ4v) is 3.29. The van der Waals surface area contributed by atoms with E-state index in [1.54, 1.807) is 0 Å². The maximum absolute atomic E-state index is 12.1. The fraction of sp³-hybridized carbons (Fsp3) is 0.688. The standard InChI is InChI=1S/C16H26N4O3/c1-19(2)13(12-6-4-3-5-7-12)10-17-15(22)11-20-9-8-14(21)18-16(20)23/h8-9,12-13H,3-7,10-11H2,1-2H3,(H,17,22)(H,18,21,23). The smallest absolute Gasteiger partial charge is 0.328 e. The Morgan fingerprint density at radius 1 is 1.35 bits per heavy atom. The van der Waals surface area contributed by atoms with E-state index >= 15 is 0 Å². The van der Waals surface area contributed by atoms with Crippen LogP contribution in [0.15, 0.2) is 21.9 Å². The molecule has 1 amide bonds. The minimum atomic E-state index is -0.566. The van der Waals surface area contributed by atoms with Gasteiger partial charge in [0.15, 0.2) is 0 Å². The highest BCUT2D eigenvalue weighted by molar-refractivity contribution is 5.75. The van der Waals surface area contributed by atoms with Crippen LogP contribution in [0.4, 0.5) is 0 Å². The van der Waals surface area contributed by atoms with Crippen LogP contribution in [0.25, 0.3) is 0 Å². The first-order chi connectivity index (χ1) is 11.0. The van der Waals surface area contributed by atoms with Crippen LogP contribution in [0, 0.1) is 5.92 Å². The molecule has 0 saturated heterocycles. The van der Waals surface area contributed by atoms with E-state index in [1.165, 1.54) is 48.9 Å². The number of amides is 1. The molecular formula is C16H26N4O3. The molecule has 7 nitrogen and oxygen atoms in total. The van der Waals surface area contributed by atoms with E-state index in [9.17, 15) is 14.4 Å². The van der Waals surface area contributed by atoms with Crippen molar-refractivity contribution in [1.29, 1.82) is 0 Å². The van der Waals surface area contributed by atoms with Crippen LogP contribution in [0.5, 0.6) is 0 Å². The number of aromatic nitrogens is 2. The summed E-state index contributed by atoms with van der Waals surface area (Å²) in [7, 11) is 4.08. The van der Waals surface area contributed by atoms with Gasteiger partial charge in [-0.15, -0.1) is 0 Å². The summed E-state index contributed by atoms with van der Waals surface area (Å²) in [4.78, 5) is 39.0. The summed E-state index contributed by atoms with van der Waals surface area (Å²) < 4.78 is 1.20. The highest BCUT2D eigenvalue weighted by Crippen LogP contribution is 2.27. The number of hydrogen-bond donors (Lipinski definition) is 2. The monoisotopic (exact) mass is 322 g/mol. The topological polar surface area (TPSA) is 87.2 Å². The average Bonchev–Trinajstić information content (AvgIpc) is 2.51. The molecule has 1 heterocycles. The molecule has 1 aromatic heterocycles. The lowest BCUT2D eigenvalue weighted by atomic mass is 9.83. The minimum Gasteiger partial charge on any atom is -0.353 e. The first-order valence-electron chi connectivity index (χ1n) is 8.20. The van der Waals surface area contributed by atoms with Gasteiger partial charge in [0.05, 0.1) is 0 Å². The normalized spacial score (nSPS) is 17.2. The molecule has 0 aromatic carbocycles. The molecule has 0 spiro atoms. The number of nitrogens with zero attached hydrogens (tertiary/aromatic N) is 2. The van der Waals surface area contributed by atoms with Gasteiger partial charge in [0.25, 0.3) is 5.56 Å². The molecule has 23 heavy (non-hydrogen) atoms. The summed E-state index contributed by atoms with van der Waals surface area (Å²) in [6.07, 6.45) is 7.57. The summed E-state index contributed by atoms with van der Waals surface area (Å²) in [5.41, 5.74) is -1.03. The molecule has 0 bridgehead atoms. The summed E-state index contributed by atoms with van der Waals surface area (Å²) >= 11 is 0. The maximum atomic E-state index is 12.1. The molecule has 1 unspecified atom stereocenters. The third-order valence-electron chi connectivity index (χ3n) is 4.58. The second-order valence-electron chi connectivity index (χ2n) is 6.47. The number of nitrogens with one attached hydrogen (secondary N) is 2. The van der Waals surface area contributed by atoms with Gasteiger partial charge >= 0.3 is 5.69 Å². The second kappa shape index (κ2) is 8.10. The molecule has 1 saturated carbocycles. The van der Waals surface area contributed by atoms with Crippen LogP contribution >= 0.6 is 0 Å². The van der Waals surface area contributed by atoms with Gasteiger partial charge in [-0.25, -0.2) is 4.79 Å². The lowest BCUT2D eigenvalue weighted by Gasteiger charge is -2.35. The largest absolute Gasteiger partial charge is 0.353 e. The lowest BCUT2D eigenvalue weighted by Crippen LogP contribution is -2.46. The maximum Gasteiger partial charge on any atom is 0.328 e. The summed E-state index contributed by atoms with van der Waals surface area (Å²) in [6, 6.07) is 1.55. The van der Waals surface area contributed by atoms with Crippen molar-refractivity contribution in [3.8, 4) is 0 Å². The number of aromatic amines is 1. The van der Waals surface area contributed by atoms with E-state index in [-0.39, 0.29) is 12.5 Å². The van der Waals surface area contributed by atoms with Crippen molar-refractivity contribution < 1.29 is 4.79 Å². The molecule has 2 rings (SSSR count). The van der Waals surface area contributed by atoms with Crippen LogP contribution in [0.2, 0.25) is 0 Å². The van der Waals surface area contributed by atoms with Crippen molar-refractivity contribution in [3.05, 3.63) is 33.1 Å². The SMILES string of the molecule is CN(C)C(CNC(=O)Cn1ccc(=O)[nH]c1=O)C1CCCCC1. The number of likely N-dealkylation sites (N-methyl/N-ethyl adjacent to an activating group) is 1. The third kappa shape index (κ3) is 5.06. The number of rotatable bonds is 6. The van der Waals surface area contributed by atoms with E-state index in [0.29, 0.717) is 18.5 Å². The number of H-pyrrole nitrogens is 1. The van der Waals surface area contributed by atoms with Crippen molar-refractivity contribution in [2.24, 2.45) is 5.92 Å². The van der Waals surface area contributed by atoms with Crippen LogP contribution in [0.1, 0.15) is 32.1 Å². The van der Waals surface area contributed by atoms with Crippen molar-refractivity contribution in [2.75, 3.05) is 20.6 Å². The van der Waals surface area contributed by atoms with Gasteiger partial charge in [-0.3, -0.25) is 19.1 Å². The molecule has 1 aliphatic carbocycles. The Kier molecular flexibility index (Phi) is 6.15. The van der Waals surface area contributed by atoms with E-state index in [2.05, 4.69) is 15.2 Å². The Morgan fingerprint density at radius 3 is 2.65 bits per heavy atom. The van der Waals surface area contributed by atoms with Crippen LogP contribution in [-0.4, -0.2) is 47.0 Å². The zero-order valence-electron chi connectivity index (χ0n) is 13.9. The number of carbonyl (C=O) groups is 1. The molecule has 1 aromatic rings. The van der Waals surface area contributed by atoms with Gasteiger partial charge in [0.2, 0.25) is 5.91 Å². The van der Waals surface area contributed by atoms with Gasteiger partial charge in [-0.1, -0.05) is 19.3 Å². The second-order valence-corrected chi connectivity index (χ2v) is 6.47. The number of carbonyl (C=O) groups excluding carboxylic acids is 1. The van der Waals surface area contributed by atoms with Crippen LogP contribution < -0.4 is 16.6 Å². The quantitative estimate of drug-likeness (QED) is 0.781. The van der Waals surface area contributed by atoms with Gasteiger partial charge in [-0.2, -0.15) is 0 Å². The molecule has 0 aliphatic heterocycles. The van der Waals surface area contributed by atoms with Gasteiger partial charge < -0.3 is 10.2 Å². The highest BCUT2D eigenvalue weighted by Gasteiger charge is 2.25. The molecule has 0 radical (unpaired) electrons. The van der Waals surface area contributed by atoms with Crippen LogP contribution in [0.3, 0.4) is 0 Å². The Balaban J connectivity index is 1.90. The Labute approximate surface area is 135 Å². The fourth-order valence-electron chi connectivity index (χ4n) is 3.29. The molecule has 1 atom stereocenters. The number of hydrogen-bond acceptors (Lipinski definition) is 4. The van der Waals surface area contributed by atoms with Crippen molar-refractivity contribution >= 4 is 5.91 Å². The predicted octanol–water partition coefficient (Wildman–Crippen LogP) is 0.163. The summed E-state index contributed by atoms with van der Waals surface area (Å²) in [5, 5.41) is 2.92. The van der Waals surface area contributed by atoms with Crippen molar-refractivity contribution in [1.82, 2.24) is 19.8 Å². The van der Waals surface area contributed by atoms with Crippen molar-refractivity contribution in [3.63, 3.8) is 0 Å². The van der Waals surface area contributed by atoms with E-state index in [0.717, 1.165) is 0 Å². The molecule has 1 fully saturated rings. The molecule has 2 N–H and O–H groups in total. The Morgan fingerprint density at radius 2 is 2.04 bits per heavy atom. The zero-order valence-corrected chi connectivity index (χ0v) is 13.9. The molecule has 1 aliphatic rings. The van der Waals surface area contributed by atoms with Crippen molar-refractivity contribution in [2.45, 2.75) is 44.7 Å². The highest BCUT2D eigenvalue weighted by atomic mass is 16.2. The van der Waals surface area contributed by atoms with Crippen LogP contribution in [-0.2, 0) is 11.3 Å². The molecular weight excluding hydrogens is 296 g/mol. The minimum absolute atomic E-state index is 0.0829. The third-order valence-corrected chi connectivity index (χ3v) is 4.58. The van der Waals surface area contributed by atoms with E-state index in [4.69, 9.17) is 0 Å². The van der Waals surface area contributed by atoms with Gasteiger partial charge in [-0.05, 0) is 32.9 Å². The molecule has 128 valence electrons. The lowest BCUT2D eigenvalue weighted by molar-refractivity contribution is -0.122. The van der Waals surface area contributed by atoms with Gasteiger partial charge in [0, 0.05) is 24.8 Å². The van der Waals surface area contributed by atoms with E-state index < -0.39 is 11.2 Å². The Hall–Kier alpha value is -1.89. The average molecular weight is 322 g/mol. The molecule has 7 heteroatoms. The first kappa shape index (κ1) is 17.5. The summed E-state index contributed by atoms with van der Waals surface area (Å²) in [6.45, 7) is 0.495. The van der Waals surface area contributed by atoms with Gasteiger partial charge in [0.1, 0.15) is 6.54 Å².